The van der Waals surface area contributed by atoms with E-state index in [4.69, 9.17) is 0 Å². The highest BCUT2D eigenvalue weighted by Crippen LogP contribution is 2.51. The van der Waals surface area contributed by atoms with Gasteiger partial charge in [0, 0.05) is 62.0 Å². The number of guanidine groups is 1. The summed E-state index contributed by atoms with van der Waals surface area (Å²) in [6.45, 7) is 12.3. The first-order valence-corrected chi connectivity index (χ1v) is 11.1. The predicted octanol–water partition coefficient (Wildman–Crippen LogP) is 3.12. The van der Waals surface area contributed by atoms with Crippen LogP contribution in [-0.4, -0.2) is 79.4 Å². The van der Waals surface area contributed by atoms with Crippen molar-refractivity contribution in [2.24, 2.45) is 4.99 Å². The zero-order valence-corrected chi connectivity index (χ0v) is 20.6. The lowest BCUT2D eigenvalue weighted by atomic mass is 10.2. The molecule has 3 rings (SSSR count). The molecule has 1 atom stereocenters. The van der Waals surface area contributed by atoms with Gasteiger partial charge in [-0.1, -0.05) is 25.1 Å². The topological polar surface area (TPSA) is 42.9 Å². The second-order valence-corrected chi connectivity index (χ2v) is 9.27. The highest BCUT2D eigenvalue weighted by Gasteiger charge is 2.43. The maximum absolute atomic E-state index is 4.43. The average molecular weight is 518 g/mol. The van der Waals surface area contributed by atoms with Crippen LogP contribution in [0.15, 0.2) is 40.2 Å². The van der Waals surface area contributed by atoms with Crippen molar-refractivity contribution in [3.8, 4) is 0 Å². The van der Waals surface area contributed by atoms with E-state index in [-0.39, 0.29) is 24.0 Å². The summed E-state index contributed by atoms with van der Waals surface area (Å²) in [5.74, 6) is 0.925. The van der Waals surface area contributed by atoms with Crippen molar-refractivity contribution in [3.05, 3.63) is 30.3 Å². The van der Waals surface area contributed by atoms with Crippen molar-refractivity contribution in [2.45, 2.75) is 42.4 Å². The lowest BCUT2D eigenvalue weighted by molar-refractivity contribution is 0.107. The Morgan fingerprint density at radius 2 is 1.82 bits per heavy atom. The molecule has 28 heavy (non-hydrogen) atoms. The van der Waals surface area contributed by atoms with Crippen LogP contribution >= 0.6 is 35.7 Å². The molecule has 1 heterocycles. The van der Waals surface area contributed by atoms with Crippen molar-refractivity contribution in [3.63, 3.8) is 0 Å². The van der Waals surface area contributed by atoms with Crippen LogP contribution in [-0.2, 0) is 0 Å². The molecule has 1 aromatic carbocycles. The van der Waals surface area contributed by atoms with Crippen LogP contribution in [0.4, 0.5) is 0 Å². The number of aliphatic imine (C=N–C) groups is 1. The number of hydrogen-bond donors (Lipinski definition) is 2. The highest BCUT2D eigenvalue weighted by molar-refractivity contribution is 14.0. The summed E-state index contributed by atoms with van der Waals surface area (Å²) in [5.41, 5.74) is 0. The summed E-state index contributed by atoms with van der Waals surface area (Å²) in [6, 6.07) is 11.3. The van der Waals surface area contributed by atoms with Gasteiger partial charge in [0.2, 0.25) is 0 Å². The van der Waals surface area contributed by atoms with E-state index in [2.05, 4.69) is 69.6 Å². The molecular weight excluding hydrogens is 481 g/mol. The van der Waals surface area contributed by atoms with Gasteiger partial charge in [0.15, 0.2) is 5.96 Å². The van der Waals surface area contributed by atoms with E-state index in [1.807, 2.05) is 18.8 Å². The van der Waals surface area contributed by atoms with Crippen molar-refractivity contribution in [2.75, 3.05) is 52.9 Å². The number of benzene rings is 1. The maximum atomic E-state index is 4.43. The number of piperazine rings is 1. The van der Waals surface area contributed by atoms with E-state index >= 15 is 0 Å². The van der Waals surface area contributed by atoms with Crippen molar-refractivity contribution in [1.82, 2.24) is 20.4 Å². The molecular formula is C21H36IN5S. The molecule has 0 bridgehead atoms. The van der Waals surface area contributed by atoms with Gasteiger partial charge in [-0.3, -0.25) is 9.89 Å². The molecule has 2 fully saturated rings. The van der Waals surface area contributed by atoms with E-state index in [1.165, 1.54) is 50.5 Å². The summed E-state index contributed by atoms with van der Waals surface area (Å²) < 4.78 is 0.334. The summed E-state index contributed by atoms with van der Waals surface area (Å²) in [4.78, 5) is 10.9. The number of likely N-dealkylation sites (N-methyl/N-ethyl adjacent to an activating group) is 1. The third kappa shape index (κ3) is 7.07. The smallest absolute Gasteiger partial charge is 0.191 e. The number of hydrogen-bond acceptors (Lipinski definition) is 4. The molecule has 158 valence electrons. The van der Waals surface area contributed by atoms with Gasteiger partial charge in [-0.15, -0.1) is 35.7 Å². The van der Waals surface area contributed by atoms with Crippen LogP contribution < -0.4 is 10.6 Å². The number of nitrogens with one attached hydrogen (secondary N) is 2. The molecule has 1 saturated carbocycles. The zero-order chi connectivity index (χ0) is 19.1. The summed E-state index contributed by atoms with van der Waals surface area (Å²) >= 11 is 2.00. The van der Waals surface area contributed by atoms with Crippen LogP contribution in [0.25, 0.3) is 0 Å². The standard InChI is InChI=1S/C21H35N5S.HI/c1-4-25-12-14-26(15-13-25)18(2)16-23-20(22-3)24-17-21(10-11-21)27-19-8-6-5-7-9-19;/h5-9,18H,4,10-17H2,1-3H3,(H2,22,23,24);1H. The van der Waals surface area contributed by atoms with Crippen molar-refractivity contribution in [1.29, 1.82) is 0 Å². The van der Waals surface area contributed by atoms with E-state index < -0.39 is 0 Å². The third-order valence-corrected chi connectivity index (χ3v) is 7.22. The minimum absolute atomic E-state index is 0. The van der Waals surface area contributed by atoms with Gasteiger partial charge in [-0.25, -0.2) is 0 Å². The second-order valence-electron chi connectivity index (χ2n) is 7.72. The Labute approximate surface area is 192 Å². The van der Waals surface area contributed by atoms with E-state index in [0.29, 0.717) is 10.8 Å². The number of thioether (sulfide) groups is 1. The Morgan fingerprint density at radius 3 is 2.39 bits per heavy atom. The third-order valence-electron chi connectivity index (χ3n) is 5.73. The van der Waals surface area contributed by atoms with Gasteiger partial charge < -0.3 is 15.5 Å². The van der Waals surface area contributed by atoms with Crippen LogP contribution in [0.3, 0.4) is 0 Å². The quantitative estimate of drug-likeness (QED) is 0.315. The van der Waals surface area contributed by atoms with Gasteiger partial charge in [0.25, 0.3) is 0 Å². The van der Waals surface area contributed by atoms with E-state index in [0.717, 1.165) is 19.0 Å². The van der Waals surface area contributed by atoms with Gasteiger partial charge >= 0.3 is 0 Å². The molecule has 2 aliphatic rings. The average Bonchev–Trinajstić information content (AvgIpc) is 3.48. The Hall–Kier alpha value is -0.510. The minimum atomic E-state index is 0. The monoisotopic (exact) mass is 517 g/mol. The van der Waals surface area contributed by atoms with E-state index in [1.54, 1.807) is 0 Å². The molecule has 0 aromatic heterocycles. The molecule has 5 nitrogen and oxygen atoms in total. The first-order chi connectivity index (χ1) is 13.1. The van der Waals surface area contributed by atoms with Crippen molar-refractivity contribution >= 4 is 41.7 Å². The van der Waals surface area contributed by atoms with Crippen LogP contribution in [0.2, 0.25) is 0 Å². The molecule has 1 aliphatic carbocycles. The largest absolute Gasteiger partial charge is 0.355 e. The Kier molecular flexibility index (Phi) is 9.86. The van der Waals surface area contributed by atoms with Gasteiger partial charge in [0.05, 0.1) is 0 Å². The number of nitrogens with zero attached hydrogens (tertiary/aromatic N) is 3. The SMILES string of the molecule is CCN1CCN(C(C)CNC(=NC)NCC2(Sc3ccccc3)CC2)CC1.I. The van der Waals surface area contributed by atoms with Gasteiger partial charge in [0.1, 0.15) is 0 Å². The molecule has 0 spiro atoms. The molecule has 2 N–H and O–H groups in total. The molecule has 1 saturated heterocycles. The lowest BCUT2D eigenvalue weighted by Gasteiger charge is -2.37. The molecule has 1 aromatic rings. The Morgan fingerprint density at radius 1 is 1.14 bits per heavy atom. The highest BCUT2D eigenvalue weighted by atomic mass is 127. The normalized spacial score (nSPS) is 20.9. The fourth-order valence-corrected chi connectivity index (χ4v) is 4.80. The molecule has 0 amide bonds. The predicted molar refractivity (Wildman–Crippen MR) is 132 cm³/mol. The second kappa shape index (κ2) is 11.6. The first kappa shape index (κ1) is 23.8. The summed E-state index contributed by atoms with van der Waals surface area (Å²) in [7, 11) is 1.87. The molecule has 1 unspecified atom stereocenters. The first-order valence-electron chi connectivity index (χ1n) is 10.3. The van der Waals surface area contributed by atoms with Gasteiger partial charge in [-0.05, 0) is 38.4 Å². The van der Waals surface area contributed by atoms with Crippen molar-refractivity contribution < 1.29 is 0 Å². The molecule has 0 radical (unpaired) electrons. The zero-order valence-electron chi connectivity index (χ0n) is 17.5. The van der Waals surface area contributed by atoms with Crippen LogP contribution in [0.5, 0.6) is 0 Å². The number of rotatable bonds is 8. The van der Waals surface area contributed by atoms with Crippen LogP contribution in [0, 0.1) is 0 Å². The van der Waals surface area contributed by atoms with Crippen LogP contribution in [0.1, 0.15) is 26.7 Å². The minimum Gasteiger partial charge on any atom is -0.355 e. The maximum Gasteiger partial charge on any atom is 0.191 e. The fourth-order valence-electron chi connectivity index (χ4n) is 3.55. The molecule has 1 aliphatic heterocycles. The fraction of sp³-hybridized carbons (Fsp3) is 0.667. The summed E-state index contributed by atoms with van der Waals surface area (Å²) in [6.07, 6.45) is 2.54. The Balaban J connectivity index is 0.00000280. The summed E-state index contributed by atoms with van der Waals surface area (Å²) in [5, 5.41) is 7.09. The van der Waals surface area contributed by atoms with Gasteiger partial charge in [-0.2, -0.15) is 0 Å². The Bertz CT molecular complexity index is 600. The molecule has 7 heteroatoms. The van der Waals surface area contributed by atoms with E-state index in [9.17, 15) is 0 Å². The number of halogens is 1. The lowest BCUT2D eigenvalue weighted by Crippen LogP contribution is -2.53.